The number of nitrogen functional groups attached to an aromatic ring is 3. The van der Waals surface area contributed by atoms with E-state index in [1.807, 2.05) is 132 Å². The van der Waals surface area contributed by atoms with Crippen molar-refractivity contribution in [3.8, 4) is 35.5 Å². The molecule has 0 radical (unpaired) electrons. The fourth-order valence-electron chi connectivity index (χ4n) is 12.9. The number of hydrogen-bond donors (Lipinski definition) is 5. The van der Waals surface area contributed by atoms with Crippen LogP contribution in [0.25, 0.3) is 32.3 Å². The van der Waals surface area contributed by atoms with Crippen LogP contribution in [0.15, 0.2) is 188 Å². The summed E-state index contributed by atoms with van der Waals surface area (Å²) in [5.41, 5.74) is 29.0. The standard InChI is InChI=1S/C32H28ClN3O.C26H25ClN4O.C24H19ClN4O/c33-26-13-12-25-21-35-30(34)27(28(25)20-26)14-9-22-7-10-24(11-8-22)31(37)36-18-16-32(17-19-36)15-3-5-23-4-1-2-6-29(23)32;27-21-12-11-20-17-31-26(28)22(23(20)16-21)13-8-18-6-9-19(10-7-18)24(32)4-2-1-3-5-25-29-14-15-30-25;25-19-10-9-18-13-28-24(26)21(22(18)12-19)11-6-16-4-7-17(8-5-16)23(30)3-1-2-20-14-27-15-29-20/h1-2,4,6-8,10-13,20-21H,3,5,15-19H2,(H2,34,35);6-7,9-12,16-17H,1-5,14-15H2,(H2,28,31)(H,29,30);4-5,7-10,12-15H,1-3H2,(H2,26,28)(H,27,29). The first-order chi connectivity index (χ1) is 48.2. The number of likely N-dealkylation sites (tertiary alicyclic amines) is 1. The number of Topliss-reactive ketones (excluding diaryl/α,β-unsaturated/α-hetero) is 2. The molecule has 1 saturated heterocycles. The highest BCUT2D eigenvalue weighted by Crippen LogP contribution is 2.45. The fraction of sp³-hybridized carbons (Fsp3) is 0.220. The van der Waals surface area contributed by atoms with Gasteiger partial charge in [0.2, 0.25) is 0 Å². The molecule has 14 rings (SSSR count). The summed E-state index contributed by atoms with van der Waals surface area (Å²) in [7, 11) is 0. The molecule has 3 aliphatic rings. The minimum atomic E-state index is 0.0931. The van der Waals surface area contributed by atoms with Gasteiger partial charge in [-0.25, -0.2) is 19.9 Å². The number of fused-ring (bicyclic) bond motifs is 5. The number of benzene rings is 7. The number of carbonyl (C=O) groups is 3. The number of halogens is 3. The molecule has 1 fully saturated rings. The zero-order valence-electron chi connectivity index (χ0n) is 54.6. The average Bonchev–Trinajstić information content (AvgIpc) is 1.17. The van der Waals surface area contributed by atoms with Crippen LogP contribution in [-0.4, -0.2) is 79.3 Å². The van der Waals surface area contributed by atoms with Crippen molar-refractivity contribution < 1.29 is 14.4 Å². The summed E-state index contributed by atoms with van der Waals surface area (Å²) in [6.07, 6.45) is 20.9. The lowest BCUT2D eigenvalue weighted by molar-refractivity contribution is 0.0652. The number of aliphatic imine (C=N–C) groups is 1. The molecule has 0 unspecified atom stereocenters. The van der Waals surface area contributed by atoms with Crippen LogP contribution in [-0.2, 0) is 18.3 Å². The lowest BCUT2D eigenvalue weighted by Gasteiger charge is -2.45. The van der Waals surface area contributed by atoms with E-state index in [9.17, 15) is 14.4 Å². The lowest BCUT2D eigenvalue weighted by Crippen LogP contribution is -2.46. The molecule has 1 amide bonds. The maximum Gasteiger partial charge on any atom is 0.253 e. The normalized spacial score (nSPS) is 13.4. The number of aryl methyl sites for hydroxylation is 2. The van der Waals surface area contributed by atoms with Gasteiger partial charge in [0.15, 0.2) is 11.6 Å². The molecule has 6 heterocycles. The molecule has 494 valence electrons. The number of nitrogens with two attached hydrogens (primary N) is 3. The summed E-state index contributed by atoms with van der Waals surface area (Å²) in [4.78, 5) is 64.3. The number of aromatic nitrogens is 5. The van der Waals surface area contributed by atoms with Gasteiger partial charge in [0.1, 0.15) is 17.5 Å². The van der Waals surface area contributed by atoms with E-state index in [0.29, 0.717) is 73.2 Å². The predicted molar refractivity (Wildman–Crippen MR) is 401 cm³/mol. The number of imidazole rings is 1. The van der Waals surface area contributed by atoms with Crippen molar-refractivity contribution in [3.63, 3.8) is 0 Å². The molecule has 4 aromatic heterocycles. The van der Waals surface area contributed by atoms with Crippen molar-refractivity contribution in [2.24, 2.45) is 4.99 Å². The van der Waals surface area contributed by atoms with E-state index in [1.165, 1.54) is 30.4 Å². The SMILES string of the molecule is Nc1ncc2ccc(Cl)cc2c1C#Cc1ccc(C(=O)CCCCCC2=NCCN2)cc1.Nc1ncc2ccc(Cl)cc2c1C#Cc1ccc(C(=O)CCCc2cnc[nH]2)cc1.Nc1ncc2ccc(Cl)cc2c1C#Cc1ccc(C(=O)N2CCC3(CCCc4ccccc43)CC2)cc1. The Morgan fingerprint density at radius 2 is 1.00 bits per heavy atom. The molecule has 1 spiro atoms. The van der Waals surface area contributed by atoms with Crippen molar-refractivity contribution in [2.75, 3.05) is 43.4 Å². The Morgan fingerprint density at radius 1 is 0.515 bits per heavy atom. The summed E-state index contributed by atoms with van der Waals surface area (Å²) in [6.45, 7) is 3.43. The third-order valence-corrected chi connectivity index (χ3v) is 19.1. The maximum absolute atomic E-state index is 13.3. The van der Waals surface area contributed by atoms with Gasteiger partial charge < -0.3 is 32.4 Å². The monoisotopic (exact) mass is 1360 g/mol. The van der Waals surface area contributed by atoms with Crippen molar-refractivity contribution in [2.45, 2.75) is 88.9 Å². The first kappa shape index (κ1) is 68.2. The second-order valence-electron chi connectivity index (χ2n) is 24.9. The summed E-state index contributed by atoms with van der Waals surface area (Å²) < 4.78 is 0. The molecule has 8 N–H and O–H groups in total. The number of aromatic amines is 1. The molecule has 99 heavy (non-hydrogen) atoms. The summed E-state index contributed by atoms with van der Waals surface area (Å²) in [5.74, 6) is 21.4. The van der Waals surface area contributed by atoms with E-state index in [2.05, 4.69) is 95.0 Å². The Labute approximate surface area is 591 Å². The fourth-order valence-corrected chi connectivity index (χ4v) is 13.5. The van der Waals surface area contributed by atoms with Crippen molar-refractivity contribution in [3.05, 3.63) is 265 Å². The van der Waals surface area contributed by atoms with Crippen LogP contribution in [0.1, 0.15) is 152 Å². The van der Waals surface area contributed by atoms with Gasteiger partial charge in [0, 0.05) is 150 Å². The third kappa shape index (κ3) is 17.1. The van der Waals surface area contributed by atoms with Gasteiger partial charge >= 0.3 is 0 Å². The first-order valence-electron chi connectivity index (χ1n) is 33.3. The van der Waals surface area contributed by atoms with Gasteiger partial charge in [-0.3, -0.25) is 19.4 Å². The molecule has 1 aliphatic carbocycles. The summed E-state index contributed by atoms with van der Waals surface area (Å²) in [6, 6.07) is 47.8. The number of unbranched alkanes of at least 4 members (excludes halogenated alkanes) is 2. The highest BCUT2D eigenvalue weighted by atomic mass is 35.5. The molecule has 17 heteroatoms. The number of amidine groups is 1. The third-order valence-electron chi connectivity index (χ3n) is 18.4. The second-order valence-corrected chi connectivity index (χ2v) is 26.2. The van der Waals surface area contributed by atoms with Crippen LogP contribution in [0.3, 0.4) is 0 Å². The number of anilines is 3. The Morgan fingerprint density at radius 3 is 1.47 bits per heavy atom. The quantitative estimate of drug-likeness (QED) is 0.0415. The molecule has 2 aliphatic heterocycles. The van der Waals surface area contributed by atoms with Gasteiger partial charge in [0.25, 0.3) is 5.91 Å². The second kappa shape index (κ2) is 32.0. The highest BCUT2D eigenvalue weighted by Gasteiger charge is 2.40. The zero-order chi connectivity index (χ0) is 68.7. The number of rotatable bonds is 13. The van der Waals surface area contributed by atoms with Gasteiger partial charge in [-0.05, 0) is 159 Å². The molecular formula is C82H72Cl3N11O3. The van der Waals surface area contributed by atoms with Crippen molar-refractivity contribution in [1.29, 1.82) is 0 Å². The van der Waals surface area contributed by atoms with Gasteiger partial charge in [-0.15, -0.1) is 0 Å². The van der Waals surface area contributed by atoms with E-state index in [4.69, 9.17) is 52.0 Å². The molecule has 0 saturated carbocycles. The van der Waals surface area contributed by atoms with E-state index in [1.54, 1.807) is 31.1 Å². The Hall–Kier alpha value is -10.8. The number of hydrogen-bond acceptors (Lipinski definition) is 12. The topological polar surface area (TPSA) is 224 Å². The Kier molecular flexibility index (Phi) is 22.1. The minimum Gasteiger partial charge on any atom is -0.383 e. The summed E-state index contributed by atoms with van der Waals surface area (Å²) >= 11 is 18.5. The first-order valence-corrected chi connectivity index (χ1v) is 34.4. The van der Waals surface area contributed by atoms with Crippen LogP contribution in [0.5, 0.6) is 0 Å². The molecular weight excluding hydrogens is 1290 g/mol. The Balaban J connectivity index is 0.000000142. The van der Waals surface area contributed by atoms with Crippen LogP contribution < -0.4 is 22.5 Å². The van der Waals surface area contributed by atoms with E-state index in [0.717, 1.165) is 144 Å². The van der Waals surface area contributed by atoms with Gasteiger partial charge in [-0.1, -0.05) is 143 Å². The van der Waals surface area contributed by atoms with Crippen LogP contribution in [0, 0.1) is 35.5 Å². The predicted octanol–water partition coefficient (Wildman–Crippen LogP) is 16.2. The zero-order valence-corrected chi connectivity index (χ0v) is 56.9. The van der Waals surface area contributed by atoms with Gasteiger partial charge in [0.05, 0.1) is 35.4 Å². The highest BCUT2D eigenvalue weighted by molar-refractivity contribution is 6.32. The smallest absolute Gasteiger partial charge is 0.253 e. The number of H-pyrrole nitrogens is 1. The van der Waals surface area contributed by atoms with E-state index in [-0.39, 0.29) is 22.9 Å². The van der Waals surface area contributed by atoms with Crippen LogP contribution in [0.2, 0.25) is 15.1 Å². The maximum atomic E-state index is 13.3. The lowest BCUT2D eigenvalue weighted by atomic mass is 9.65. The van der Waals surface area contributed by atoms with E-state index < -0.39 is 0 Å². The summed E-state index contributed by atoms with van der Waals surface area (Å²) in [5, 5.41) is 10.6. The van der Waals surface area contributed by atoms with Crippen molar-refractivity contribution >= 4 is 108 Å². The largest absolute Gasteiger partial charge is 0.383 e. The minimum absolute atomic E-state index is 0.0931. The van der Waals surface area contributed by atoms with Crippen molar-refractivity contribution in [1.82, 2.24) is 35.1 Å². The van der Waals surface area contributed by atoms with E-state index >= 15 is 0 Å². The Bertz CT molecular complexity index is 5020. The molecule has 0 bridgehead atoms. The number of carbonyl (C=O) groups excluding carboxylic acids is 3. The average molecular weight is 1370 g/mol. The molecule has 7 aromatic carbocycles. The molecule has 0 atom stereocenters. The van der Waals surface area contributed by atoms with Crippen LogP contribution in [0.4, 0.5) is 17.5 Å². The van der Waals surface area contributed by atoms with Gasteiger partial charge in [-0.2, -0.15) is 0 Å². The number of nitrogens with zero attached hydrogens (tertiary/aromatic N) is 6. The van der Waals surface area contributed by atoms with Crippen LogP contribution >= 0.6 is 34.8 Å². The number of piperidine rings is 1. The molecule has 14 nitrogen and oxygen atoms in total. The molecule has 11 aromatic rings. The number of amides is 1. The number of nitrogens with one attached hydrogen (secondary N) is 2. The number of pyridine rings is 3. The number of ketones is 2.